The number of pyridine rings is 1. The van der Waals surface area contributed by atoms with Gasteiger partial charge < -0.3 is 26.0 Å². The van der Waals surface area contributed by atoms with Crippen LogP contribution in [0, 0.1) is 5.92 Å². The molecule has 1 aromatic heterocycles. The highest BCUT2D eigenvalue weighted by Crippen LogP contribution is 2.24. The molecule has 8 nitrogen and oxygen atoms in total. The van der Waals surface area contributed by atoms with Crippen LogP contribution in [0.15, 0.2) is 60.2 Å². The number of hydrogen-bond acceptors (Lipinski definition) is 5. The highest BCUT2D eigenvalue weighted by Gasteiger charge is 2.26. The van der Waals surface area contributed by atoms with E-state index >= 15 is 0 Å². The Bertz CT molecular complexity index is 952. The number of guanidine groups is 1. The number of carbonyl (C=O) groups is 1. The van der Waals surface area contributed by atoms with E-state index in [9.17, 15) is 4.79 Å². The highest BCUT2D eigenvalue weighted by molar-refractivity contribution is 14.0. The van der Waals surface area contributed by atoms with Crippen LogP contribution in [-0.4, -0.2) is 43.6 Å². The van der Waals surface area contributed by atoms with E-state index in [2.05, 4.69) is 32.1 Å². The van der Waals surface area contributed by atoms with E-state index in [-0.39, 0.29) is 35.8 Å². The second-order valence-corrected chi connectivity index (χ2v) is 7.66. The van der Waals surface area contributed by atoms with E-state index in [1.54, 1.807) is 19.3 Å². The van der Waals surface area contributed by atoms with Gasteiger partial charge in [-0.1, -0.05) is 36.9 Å². The van der Waals surface area contributed by atoms with Gasteiger partial charge in [0.25, 0.3) is 0 Å². The zero-order valence-electron chi connectivity index (χ0n) is 19.0. The Morgan fingerprint density at radius 1 is 1.27 bits per heavy atom. The second kappa shape index (κ2) is 13.7. The third-order valence-electron chi connectivity index (χ3n) is 5.44. The maximum Gasteiger partial charge on any atom is 0.222 e. The monoisotopic (exact) mass is 564 g/mol. The van der Waals surface area contributed by atoms with Crippen molar-refractivity contribution in [2.45, 2.75) is 25.9 Å². The topological polar surface area (TPSA) is 105 Å². The number of rotatable bonds is 9. The van der Waals surface area contributed by atoms with Crippen molar-refractivity contribution < 1.29 is 9.53 Å². The summed E-state index contributed by atoms with van der Waals surface area (Å²) in [6.07, 6.45) is 5.26. The standard InChI is InChI=1S/C24H32N6O2.HI/c1-3-14-32-21-11-5-4-8-18(21)15-28-24(26-2)29-16-19-9-6-12-27-23(19)30-13-7-10-20(17-30)22(25)31;/h3-6,8-9,11-12,20H,1,7,10,13-17H2,2H3,(H2,25,31)(H2,26,28,29);1H. The zero-order chi connectivity index (χ0) is 22.8. The number of amides is 1. The molecule has 1 aliphatic heterocycles. The van der Waals surface area contributed by atoms with E-state index in [4.69, 9.17) is 10.5 Å². The normalized spacial score (nSPS) is 15.8. The predicted molar refractivity (Wildman–Crippen MR) is 143 cm³/mol. The summed E-state index contributed by atoms with van der Waals surface area (Å²) in [5.41, 5.74) is 7.61. The lowest BCUT2D eigenvalue weighted by atomic mass is 9.97. The average Bonchev–Trinajstić information content (AvgIpc) is 2.83. The number of nitrogens with one attached hydrogen (secondary N) is 2. The van der Waals surface area contributed by atoms with Crippen LogP contribution in [-0.2, 0) is 17.9 Å². The van der Waals surface area contributed by atoms with Gasteiger partial charge in [0.05, 0.1) is 5.92 Å². The summed E-state index contributed by atoms with van der Waals surface area (Å²) in [6, 6.07) is 11.8. The molecule has 1 saturated heterocycles. The van der Waals surface area contributed by atoms with E-state index in [1.165, 1.54) is 0 Å². The first-order valence-corrected chi connectivity index (χ1v) is 10.9. The molecule has 1 aromatic carbocycles. The molecule has 1 amide bonds. The van der Waals surface area contributed by atoms with Gasteiger partial charge in [0.1, 0.15) is 18.2 Å². The lowest BCUT2D eigenvalue weighted by molar-refractivity contribution is -0.122. The first-order chi connectivity index (χ1) is 15.6. The number of nitrogens with two attached hydrogens (primary N) is 1. The van der Waals surface area contributed by atoms with Crippen molar-refractivity contribution in [2.75, 3.05) is 31.6 Å². The van der Waals surface area contributed by atoms with Crippen molar-refractivity contribution in [2.24, 2.45) is 16.6 Å². The average molecular weight is 564 g/mol. The Hall–Kier alpha value is -2.82. The van der Waals surface area contributed by atoms with Crippen LogP contribution in [0.3, 0.4) is 0 Å². The summed E-state index contributed by atoms with van der Waals surface area (Å²) in [7, 11) is 1.74. The molecule has 0 saturated carbocycles. The maximum absolute atomic E-state index is 11.7. The number of aromatic nitrogens is 1. The summed E-state index contributed by atoms with van der Waals surface area (Å²) >= 11 is 0. The number of anilines is 1. The second-order valence-electron chi connectivity index (χ2n) is 7.66. The highest BCUT2D eigenvalue weighted by atomic mass is 127. The number of hydrogen-bond donors (Lipinski definition) is 3. The molecule has 2 aromatic rings. The smallest absolute Gasteiger partial charge is 0.222 e. The number of halogens is 1. The number of piperidine rings is 1. The number of para-hydroxylation sites is 1. The quantitative estimate of drug-likeness (QED) is 0.187. The molecule has 2 heterocycles. The minimum Gasteiger partial charge on any atom is -0.489 e. The van der Waals surface area contributed by atoms with Gasteiger partial charge in [-0.05, 0) is 25.0 Å². The Morgan fingerprint density at radius 3 is 2.73 bits per heavy atom. The van der Waals surface area contributed by atoms with Crippen molar-refractivity contribution in [3.05, 3.63) is 66.4 Å². The molecule has 9 heteroatoms. The summed E-state index contributed by atoms with van der Waals surface area (Å²) in [5, 5.41) is 6.69. The van der Waals surface area contributed by atoms with E-state index in [0.717, 1.165) is 42.1 Å². The molecule has 3 rings (SSSR count). The summed E-state index contributed by atoms with van der Waals surface area (Å²) < 4.78 is 5.72. The molecule has 1 fully saturated rings. The first kappa shape index (κ1) is 26.4. The van der Waals surface area contributed by atoms with E-state index in [1.807, 2.05) is 36.4 Å². The van der Waals surface area contributed by atoms with Gasteiger partial charge >= 0.3 is 0 Å². The minimum atomic E-state index is -0.243. The summed E-state index contributed by atoms with van der Waals surface area (Å²) in [5.74, 6) is 1.99. The number of benzene rings is 1. The minimum absolute atomic E-state index is 0. The van der Waals surface area contributed by atoms with E-state index in [0.29, 0.717) is 32.2 Å². The molecule has 33 heavy (non-hydrogen) atoms. The molecule has 0 aliphatic carbocycles. The van der Waals surface area contributed by atoms with Crippen LogP contribution in [0.2, 0.25) is 0 Å². The summed E-state index contributed by atoms with van der Waals surface area (Å²) in [6.45, 7) is 6.75. The number of nitrogens with zero attached hydrogens (tertiary/aromatic N) is 3. The Morgan fingerprint density at radius 2 is 2.00 bits per heavy atom. The van der Waals surface area contributed by atoms with Crippen LogP contribution < -0.4 is 26.0 Å². The fourth-order valence-electron chi connectivity index (χ4n) is 3.77. The van der Waals surface area contributed by atoms with Gasteiger partial charge in [-0.3, -0.25) is 9.79 Å². The fourth-order valence-corrected chi connectivity index (χ4v) is 3.77. The third-order valence-corrected chi connectivity index (χ3v) is 5.44. The largest absolute Gasteiger partial charge is 0.489 e. The molecule has 1 atom stereocenters. The van der Waals surface area contributed by atoms with Crippen LogP contribution in [0.25, 0.3) is 0 Å². The first-order valence-electron chi connectivity index (χ1n) is 10.9. The summed E-state index contributed by atoms with van der Waals surface area (Å²) in [4.78, 5) is 22.7. The lowest BCUT2D eigenvalue weighted by Gasteiger charge is -2.33. The van der Waals surface area contributed by atoms with Crippen molar-refractivity contribution >= 4 is 41.7 Å². The van der Waals surface area contributed by atoms with Crippen molar-refractivity contribution in [3.8, 4) is 5.75 Å². The van der Waals surface area contributed by atoms with Gasteiger partial charge in [-0.15, -0.1) is 24.0 Å². The van der Waals surface area contributed by atoms with Crippen LogP contribution >= 0.6 is 24.0 Å². The molecule has 0 spiro atoms. The Balaban J connectivity index is 0.00000385. The van der Waals surface area contributed by atoms with Crippen LogP contribution in [0.4, 0.5) is 5.82 Å². The van der Waals surface area contributed by atoms with Crippen molar-refractivity contribution in [3.63, 3.8) is 0 Å². The lowest BCUT2D eigenvalue weighted by Crippen LogP contribution is -2.42. The van der Waals surface area contributed by atoms with Gasteiger partial charge in [0.15, 0.2) is 5.96 Å². The van der Waals surface area contributed by atoms with Gasteiger partial charge in [0, 0.05) is 50.6 Å². The number of ether oxygens (including phenoxy) is 1. The van der Waals surface area contributed by atoms with E-state index < -0.39 is 0 Å². The maximum atomic E-state index is 11.7. The molecular formula is C24H33IN6O2. The molecule has 1 aliphatic rings. The fraction of sp³-hybridized carbons (Fsp3) is 0.375. The van der Waals surface area contributed by atoms with Crippen molar-refractivity contribution in [1.82, 2.24) is 15.6 Å². The van der Waals surface area contributed by atoms with Gasteiger partial charge in [-0.25, -0.2) is 4.98 Å². The molecule has 0 bridgehead atoms. The van der Waals surface area contributed by atoms with Gasteiger partial charge in [-0.2, -0.15) is 0 Å². The SMILES string of the molecule is C=CCOc1ccccc1CNC(=NC)NCc1cccnc1N1CCCC(C(N)=O)C1.I. The number of aliphatic imine (C=N–C) groups is 1. The molecule has 178 valence electrons. The Labute approximate surface area is 212 Å². The van der Waals surface area contributed by atoms with Crippen molar-refractivity contribution in [1.29, 1.82) is 0 Å². The third kappa shape index (κ3) is 7.62. The molecule has 0 radical (unpaired) electrons. The number of carbonyl (C=O) groups excluding carboxylic acids is 1. The zero-order valence-corrected chi connectivity index (χ0v) is 21.3. The molecule has 1 unspecified atom stereocenters. The molecule has 4 N–H and O–H groups in total. The van der Waals surface area contributed by atoms with Gasteiger partial charge in [0.2, 0.25) is 5.91 Å². The molecular weight excluding hydrogens is 531 g/mol. The number of primary amides is 1. The predicted octanol–water partition coefficient (Wildman–Crippen LogP) is 2.83. The van der Waals surface area contributed by atoms with Crippen LogP contribution in [0.5, 0.6) is 5.75 Å². The van der Waals surface area contributed by atoms with Crippen LogP contribution in [0.1, 0.15) is 24.0 Å². The Kier molecular flexibility index (Phi) is 10.9.